The highest BCUT2D eigenvalue weighted by atomic mass is 16.5. The van der Waals surface area contributed by atoms with Crippen molar-refractivity contribution in [2.75, 3.05) is 4.90 Å². The first kappa shape index (κ1) is 38.6. The van der Waals surface area contributed by atoms with Crippen molar-refractivity contribution in [2.45, 2.75) is 24.3 Å². The van der Waals surface area contributed by atoms with Gasteiger partial charge in [0.2, 0.25) is 0 Å². The fourth-order valence-corrected chi connectivity index (χ4v) is 12.8. The second-order valence-corrected chi connectivity index (χ2v) is 19.8. The molecule has 0 N–H and O–H groups in total. The third-order valence-corrected chi connectivity index (χ3v) is 16.1. The van der Waals surface area contributed by atoms with E-state index in [1.165, 1.54) is 38.6 Å². The summed E-state index contributed by atoms with van der Waals surface area (Å²) in [6, 6.07) is 65.8. The molecule has 9 aromatic carbocycles. The molecule has 6 heterocycles. The SMILES string of the molecule is C1=CC2c3ccccc3N(c3ccc4oc5c(ccc6oc7ccc(-c8ccc(-c9ccc%10oc%11c(c%10c9)=C9Oc%10ccc(-n%12c%13ccccc%13c%13ccccc%13%12)cc%10C9CC=%11)cc8)cc7c65)c4c3)C2C=C1. The number of furan rings is 3. The van der Waals surface area contributed by atoms with Crippen molar-refractivity contribution in [3.8, 4) is 33.7 Å². The molecule has 338 valence electrons. The lowest BCUT2D eigenvalue weighted by atomic mass is 9.90. The van der Waals surface area contributed by atoms with Crippen molar-refractivity contribution >= 4 is 99.9 Å². The van der Waals surface area contributed by atoms with Gasteiger partial charge in [-0.2, -0.15) is 0 Å². The van der Waals surface area contributed by atoms with Gasteiger partial charge in [-0.3, -0.25) is 0 Å². The van der Waals surface area contributed by atoms with Gasteiger partial charge < -0.3 is 27.5 Å². The second-order valence-electron chi connectivity index (χ2n) is 19.8. The number of anilines is 2. The number of fused-ring (bicyclic) bond motifs is 19. The topological polar surface area (TPSA) is 56.8 Å². The van der Waals surface area contributed by atoms with Crippen LogP contribution in [-0.2, 0) is 0 Å². The summed E-state index contributed by atoms with van der Waals surface area (Å²) in [5.41, 5.74) is 18.1. The minimum atomic E-state index is 0.101. The number of ether oxygens (including phenoxy) is 1. The van der Waals surface area contributed by atoms with Crippen LogP contribution in [0.15, 0.2) is 220 Å². The average molecular weight is 925 g/mol. The Morgan fingerprint density at radius 3 is 1.94 bits per heavy atom. The Balaban J connectivity index is 0.712. The van der Waals surface area contributed by atoms with E-state index in [1.807, 2.05) is 0 Å². The molecular formula is C66H40N2O4. The van der Waals surface area contributed by atoms with Crippen LogP contribution in [0, 0.1) is 0 Å². The van der Waals surface area contributed by atoms with Crippen molar-refractivity contribution in [1.82, 2.24) is 4.57 Å². The van der Waals surface area contributed by atoms with E-state index in [-0.39, 0.29) is 12.0 Å². The Hall–Kier alpha value is -9.26. The zero-order valence-corrected chi connectivity index (χ0v) is 38.7. The minimum absolute atomic E-state index is 0.101. The van der Waals surface area contributed by atoms with Crippen LogP contribution in [0.25, 0.3) is 116 Å². The third-order valence-electron chi connectivity index (χ3n) is 16.1. The molecule has 0 saturated heterocycles. The number of benzene rings is 9. The van der Waals surface area contributed by atoms with Crippen LogP contribution in [0.5, 0.6) is 5.75 Å². The number of nitrogens with zero attached hydrogens (tertiary/aromatic N) is 2. The summed E-state index contributed by atoms with van der Waals surface area (Å²) in [6.45, 7) is 0. The molecule has 0 amide bonds. The molecule has 4 aromatic heterocycles. The van der Waals surface area contributed by atoms with Crippen LogP contribution in [0.2, 0.25) is 0 Å². The Kier molecular flexibility index (Phi) is 7.60. The van der Waals surface area contributed by atoms with E-state index in [4.69, 9.17) is 18.0 Å². The van der Waals surface area contributed by atoms with Crippen molar-refractivity contribution in [3.05, 3.63) is 228 Å². The lowest BCUT2D eigenvalue weighted by Gasteiger charge is -2.28. The number of hydrogen-bond donors (Lipinski definition) is 0. The molecule has 0 radical (unpaired) electrons. The van der Waals surface area contributed by atoms with Crippen molar-refractivity contribution in [1.29, 1.82) is 0 Å². The van der Waals surface area contributed by atoms with E-state index in [9.17, 15) is 0 Å². The molecule has 17 rings (SSSR count). The highest BCUT2D eigenvalue weighted by Gasteiger charge is 2.38. The molecule has 2 aliphatic heterocycles. The summed E-state index contributed by atoms with van der Waals surface area (Å²) < 4.78 is 29.0. The van der Waals surface area contributed by atoms with E-state index in [0.717, 1.165) is 117 Å². The fourth-order valence-electron chi connectivity index (χ4n) is 12.8. The predicted octanol–water partition coefficient (Wildman–Crippen LogP) is 15.9. The van der Waals surface area contributed by atoms with Gasteiger partial charge >= 0.3 is 0 Å². The number of hydrogen-bond acceptors (Lipinski definition) is 5. The zero-order chi connectivity index (χ0) is 46.8. The monoisotopic (exact) mass is 924 g/mol. The van der Waals surface area contributed by atoms with E-state index in [2.05, 4.69) is 222 Å². The molecule has 0 spiro atoms. The molecular weight excluding hydrogens is 885 g/mol. The summed E-state index contributed by atoms with van der Waals surface area (Å²) in [4.78, 5) is 2.48. The van der Waals surface area contributed by atoms with Gasteiger partial charge in [0.05, 0.1) is 33.6 Å². The van der Waals surface area contributed by atoms with Crippen molar-refractivity contribution in [2.24, 2.45) is 0 Å². The van der Waals surface area contributed by atoms with Gasteiger partial charge in [0.15, 0.2) is 0 Å². The first-order valence-electron chi connectivity index (χ1n) is 24.9. The number of rotatable bonds is 4. The number of allylic oxidation sites excluding steroid dienone is 2. The highest BCUT2D eigenvalue weighted by molar-refractivity contribution is 6.22. The summed E-state index contributed by atoms with van der Waals surface area (Å²) >= 11 is 0. The van der Waals surface area contributed by atoms with Crippen LogP contribution < -0.4 is 20.3 Å². The molecule has 6 heteroatoms. The molecule has 0 bridgehead atoms. The molecule has 0 saturated carbocycles. The lowest BCUT2D eigenvalue weighted by molar-refractivity contribution is 0.501. The third kappa shape index (κ3) is 5.27. The van der Waals surface area contributed by atoms with E-state index < -0.39 is 0 Å². The molecule has 3 unspecified atom stereocenters. The molecule has 6 nitrogen and oxygen atoms in total. The maximum atomic E-state index is 6.81. The number of aromatic nitrogens is 1. The lowest BCUT2D eigenvalue weighted by Crippen LogP contribution is -2.29. The molecule has 0 fully saturated rings. The van der Waals surface area contributed by atoms with Crippen molar-refractivity contribution in [3.63, 3.8) is 0 Å². The van der Waals surface area contributed by atoms with E-state index in [0.29, 0.717) is 5.92 Å². The first-order chi connectivity index (χ1) is 35.7. The summed E-state index contributed by atoms with van der Waals surface area (Å²) in [6.07, 6.45) is 12.0. The van der Waals surface area contributed by atoms with Gasteiger partial charge in [0, 0.05) is 60.9 Å². The Bertz CT molecular complexity index is 4680. The van der Waals surface area contributed by atoms with E-state index >= 15 is 0 Å². The fraction of sp³-hybridized carbons (Fsp3) is 0.0606. The Labute approximate surface area is 411 Å². The van der Waals surface area contributed by atoms with Gasteiger partial charge in [-0.25, -0.2) is 0 Å². The molecule has 3 atom stereocenters. The Morgan fingerprint density at radius 2 is 1.12 bits per heavy atom. The number of para-hydroxylation sites is 3. The molecule has 13 aromatic rings. The predicted molar refractivity (Wildman–Crippen MR) is 291 cm³/mol. The average Bonchev–Trinajstić information content (AvgIpc) is 4.29. The Morgan fingerprint density at radius 1 is 0.458 bits per heavy atom. The van der Waals surface area contributed by atoms with Gasteiger partial charge in [0.25, 0.3) is 0 Å². The molecule has 72 heavy (non-hydrogen) atoms. The normalized spacial score (nSPS) is 17.6. The van der Waals surface area contributed by atoms with Gasteiger partial charge in [-0.05, 0) is 131 Å². The maximum absolute atomic E-state index is 6.81. The largest absolute Gasteiger partial charge is 0.460 e. The summed E-state index contributed by atoms with van der Waals surface area (Å²) in [5.74, 6) is 2.31. The second kappa shape index (κ2) is 14.2. The minimum Gasteiger partial charge on any atom is -0.460 e. The van der Waals surface area contributed by atoms with Crippen LogP contribution in [-0.4, -0.2) is 10.6 Å². The van der Waals surface area contributed by atoms with Crippen LogP contribution in [0.4, 0.5) is 11.4 Å². The van der Waals surface area contributed by atoms with Crippen molar-refractivity contribution < 1.29 is 18.0 Å². The first-order valence-corrected chi connectivity index (χ1v) is 24.9. The summed E-state index contributed by atoms with van der Waals surface area (Å²) in [7, 11) is 0. The van der Waals surface area contributed by atoms with Crippen LogP contribution >= 0.6 is 0 Å². The highest BCUT2D eigenvalue weighted by Crippen LogP contribution is 2.50. The van der Waals surface area contributed by atoms with Gasteiger partial charge in [-0.15, -0.1) is 0 Å². The van der Waals surface area contributed by atoms with Gasteiger partial charge in [0.1, 0.15) is 44.8 Å². The quantitative estimate of drug-likeness (QED) is 0.176. The summed E-state index contributed by atoms with van der Waals surface area (Å²) in [5, 5.41) is 8.84. The van der Waals surface area contributed by atoms with Crippen LogP contribution in [0.1, 0.15) is 29.4 Å². The molecule has 2 aliphatic carbocycles. The molecule has 4 aliphatic rings. The van der Waals surface area contributed by atoms with Gasteiger partial charge in [-0.1, -0.05) is 115 Å². The zero-order valence-electron chi connectivity index (χ0n) is 38.7. The maximum Gasteiger partial charge on any atom is 0.147 e. The van der Waals surface area contributed by atoms with Crippen LogP contribution in [0.3, 0.4) is 0 Å². The van der Waals surface area contributed by atoms with E-state index in [1.54, 1.807) is 0 Å². The smallest absolute Gasteiger partial charge is 0.147 e. The standard InChI is InChI=1S/C66H40N2O4/c1-5-13-53-43(9-1)44-10-2-6-14-54(44)67(53)41-23-29-57-49(35-41)47-25-31-61-63(65(47)71-57)51-33-39(21-27-59(51)69-61)37-17-19-38(20-18-37)40-22-28-60-52(34-40)64-62(70-60)32-26-48-50-36-42(24-30-58(50)72-66(48)64)68-55-15-7-3-11-45(55)46-12-4-8-16-56(46)68/h1-25,27-36,43,48,53H,26H2.